The van der Waals surface area contributed by atoms with E-state index in [1.165, 1.54) is 141 Å². The van der Waals surface area contributed by atoms with Gasteiger partial charge in [0.15, 0.2) is 6.10 Å². The summed E-state index contributed by atoms with van der Waals surface area (Å²) in [5.74, 6) is -0.910. The van der Waals surface area contributed by atoms with Gasteiger partial charge in [0.25, 0.3) is 0 Å². The lowest BCUT2D eigenvalue weighted by atomic mass is 10.1. The minimum Gasteiger partial charge on any atom is -0.462 e. The number of allylic oxidation sites excluding steroid dienone is 14. The molecule has 1 unspecified atom stereocenters. The molecule has 0 N–H and O–H groups in total. The average molecular weight is 1000 g/mol. The second-order valence-corrected chi connectivity index (χ2v) is 20.2. The van der Waals surface area contributed by atoms with Gasteiger partial charge in [-0.15, -0.1) is 0 Å². The first-order chi connectivity index (χ1) is 35.5. The zero-order valence-electron chi connectivity index (χ0n) is 47.4. The van der Waals surface area contributed by atoms with E-state index in [1.54, 1.807) is 0 Å². The maximum absolute atomic E-state index is 12.9. The van der Waals surface area contributed by atoms with E-state index in [0.29, 0.717) is 19.3 Å². The van der Waals surface area contributed by atoms with Crippen LogP contribution in [0.15, 0.2) is 85.1 Å². The Balaban J connectivity index is 4.43. The number of unbranched alkanes of at least 4 members (excludes halogenated alkanes) is 30. The molecule has 0 rings (SSSR count). The van der Waals surface area contributed by atoms with Crippen molar-refractivity contribution in [3.63, 3.8) is 0 Å². The fourth-order valence-electron chi connectivity index (χ4n) is 8.52. The summed E-state index contributed by atoms with van der Waals surface area (Å²) in [5.41, 5.74) is 0. The normalized spacial score (nSPS) is 12.7. The molecule has 0 saturated heterocycles. The molecule has 0 amide bonds. The Morgan fingerprint density at radius 3 is 0.861 bits per heavy atom. The van der Waals surface area contributed by atoms with E-state index in [9.17, 15) is 14.4 Å². The topological polar surface area (TPSA) is 78.9 Å². The Morgan fingerprint density at radius 1 is 0.292 bits per heavy atom. The number of carbonyl (C=O) groups excluding carboxylic acids is 3. The van der Waals surface area contributed by atoms with Crippen LogP contribution in [-0.2, 0) is 28.6 Å². The largest absolute Gasteiger partial charge is 0.462 e. The highest BCUT2D eigenvalue weighted by molar-refractivity contribution is 5.71. The zero-order valence-corrected chi connectivity index (χ0v) is 47.4. The monoisotopic (exact) mass is 1000 g/mol. The molecule has 0 aromatic rings. The second-order valence-electron chi connectivity index (χ2n) is 20.2. The fraction of sp³-hybridized carbons (Fsp3) is 0.742. The minimum atomic E-state index is -0.792. The lowest BCUT2D eigenvalue weighted by molar-refractivity contribution is -0.167. The quantitative estimate of drug-likeness (QED) is 0.0261. The third-order valence-corrected chi connectivity index (χ3v) is 13.1. The molecule has 1 atom stereocenters. The first kappa shape index (κ1) is 68.6. The van der Waals surface area contributed by atoms with E-state index >= 15 is 0 Å². The number of carbonyl (C=O) groups is 3. The summed E-state index contributed by atoms with van der Waals surface area (Å²) < 4.78 is 16.9. The molecule has 0 heterocycles. The maximum Gasteiger partial charge on any atom is 0.306 e. The average Bonchev–Trinajstić information content (AvgIpc) is 3.38. The van der Waals surface area contributed by atoms with Gasteiger partial charge in [-0.1, -0.05) is 247 Å². The molecule has 0 fully saturated rings. The van der Waals surface area contributed by atoms with Crippen molar-refractivity contribution in [2.75, 3.05) is 13.2 Å². The Hall–Kier alpha value is -3.41. The van der Waals surface area contributed by atoms with Crippen LogP contribution in [0.1, 0.15) is 297 Å². The second kappa shape index (κ2) is 60.1. The van der Waals surface area contributed by atoms with Crippen molar-refractivity contribution < 1.29 is 28.6 Å². The van der Waals surface area contributed by atoms with E-state index < -0.39 is 6.10 Å². The van der Waals surface area contributed by atoms with Gasteiger partial charge >= 0.3 is 17.9 Å². The van der Waals surface area contributed by atoms with Gasteiger partial charge in [-0.25, -0.2) is 0 Å². The van der Waals surface area contributed by atoms with Crippen molar-refractivity contribution in [3.8, 4) is 0 Å². The smallest absolute Gasteiger partial charge is 0.306 e. The van der Waals surface area contributed by atoms with Crippen LogP contribution in [-0.4, -0.2) is 37.2 Å². The maximum atomic E-state index is 12.9. The summed E-state index contributed by atoms with van der Waals surface area (Å²) in [6, 6.07) is 0. The summed E-state index contributed by atoms with van der Waals surface area (Å²) in [6.07, 6.45) is 78.6. The van der Waals surface area contributed by atoms with Gasteiger partial charge in [-0.05, 0) is 116 Å². The number of ether oxygens (including phenoxy) is 3. The molecule has 0 aliphatic heterocycles. The Kier molecular flexibility index (Phi) is 57.3. The van der Waals surface area contributed by atoms with Gasteiger partial charge in [-0.3, -0.25) is 14.4 Å². The van der Waals surface area contributed by atoms with Gasteiger partial charge < -0.3 is 14.2 Å². The lowest BCUT2D eigenvalue weighted by Crippen LogP contribution is -2.30. The van der Waals surface area contributed by atoms with Gasteiger partial charge in [0.1, 0.15) is 13.2 Å². The predicted octanol–water partition coefficient (Wildman–Crippen LogP) is 20.7. The van der Waals surface area contributed by atoms with Crippen molar-refractivity contribution in [3.05, 3.63) is 85.1 Å². The Morgan fingerprint density at radius 2 is 0.542 bits per heavy atom. The number of hydrogen-bond donors (Lipinski definition) is 0. The summed E-state index contributed by atoms with van der Waals surface area (Å²) in [6.45, 7) is 6.52. The Bertz CT molecular complexity index is 1380. The molecule has 0 aromatic heterocycles. The van der Waals surface area contributed by atoms with E-state index in [-0.39, 0.29) is 31.1 Å². The molecular formula is C66H114O6. The molecule has 0 saturated carbocycles. The molecule has 0 radical (unpaired) electrons. The minimum absolute atomic E-state index is 0.0882. The molecule has 6 nitrogen and oxygen atoms in total. The molecule has 6 heteroatoms. The third kappa shape index (κ3) is 57.5. The number of rotatable bonds is 55. The molecule has 414 valence electrons. The summed E-state index contributed by atoms with van der Waals surface area (Å²) in [5, 5.41) is 0. The van der Waals surface area contributed by atoms with Crippen molar-refractivity contribution in [2.24, 2.45) is 0 Å². The molecule has 0 aliphatic rings. The molecule has 0 bridgehead atoms. The molecule has 72 heavy (non-hydrogen) atoms. The van der Waals surface area contributed by atoms with Crippen LogP contribution < -0.4 is 0 Å². The molecular weight excluding hydrogens is 889 g/mol. The number of hydrogen-bond acceptors (Lipinski definition) is 6. The van der Waals surface area contributed by atoms with Crippen LogP contribution in [0.5, 0.6) is 0 Å². The van der Waals surface area contributed by atoms with Crippen LogP contribution in [0.4, 0.5) is 0 Å². The van der Waals surface area contributed by atoms with Crippen molar-refractivity contribution in [2.45, 2.75) is 303 Å². The first-order valence-electron chi connectivity index (χ1n) is 30.6. The van der Waals surface area contributed by atoms with Gasteiger partial charge in [0, 0.05) is 19.3 Å². The van der Waals surface area contributed by atoms with Crippen molar-refractivity contribution in [1.29, 1.82) is 0 Å². The van der Waals surface area contributed by atoms with Crippen LogP contribution in [0.3, 0.4) is 0 Å². The van der Waals surface area contributed by atoms with E-state index in [0.717, 1.165) is 116 Å². The number of esters is 3. The summed E-state index contributed by atoms with van der Waals surface area (Å²) in [7, 11) is 0. The van der Waals surface area contributed by atoms with Gasteiger partial charge in [0.05, 0.1) is 0 Å². The van der Waals surface area contributed by atoms with Crippen molar-refractivity contribution in [1.82, 2.24) is 0 Å². The highest BCUT2D eigenvalue weighted by atomic mass is 16.6. The highest BCUT2D eigenvalue weighted by Crippen LogP contribution is 2.15. The molecule has 0 aromatic carbocycles. The van der Waals surface area contributed by atoms with Crippen LogP contribution in [0, 0.1) is 0 Å². The summed E-state index contributed by atoms with van der Waals surface area (Å²) >= 11 is 0. The fourth-order valence-corrected chi connectivity index (χ4v) is 8.52. The van der Waals surface area contributed by atoms with Gasteiger partial charge in [-0.2, -0.15) is 0 Å². The molecule has 0 aliphatic carbocycles. The van der Waals surface area contributed by atoms with E-state index in [2.05, 4.69) is 106 Å². The van der Waals surface area contributed by atoms with Crippen LogP contribution in [0.2, 0.25) is 0 Å². The van der Waals surface area contributed by atoms with Crippen LogP contribution >= 0.6 is 0 Å². The Labute approximate surface area is 445 Å². The van der Waals surface area contributed by atoms with E-state index in [4.69, 9.17) is 14.2 Å². The standard InChI is InChI=1S/C66H114O6/c1-4-7-10-13-16-19-22-25-28-30-32-33-34-36-38-41-44-47-50-53-56-59-65(68)71-62-63(61-70-64(67)58-55-52-49-46-43-40-37-27-24-21-18-15-12-9-6-3)72-66(69)60-57-54-51-48-45-42-39-35-31-29-26-23-20-17-14-11-8-5-2/h7,10,16,19,25,27-29,31-33,36-38,63H,4-6,8-9,11-15,17-18,20-24,26,30,34-35,39-62H2,1-3H3/b10-7-,19-16-,28-25-,31-29-,33-32-,37-27-,38-36-. The zero-order chi connectivity index (χ0) is 52.2. The molecule has 0 spiro atoms. The van der Waals surface area contributed by atoms with Gasteiger partial charge in [0.2, 0.25) is 0 Å². The predicted molar refractivity (Wildman–Crippen MR) is 311 cm³/mol. The van der Waals surface area contributed by atoms with Crippen molar-refractivity contribution >= 4 is 17.9 Å². The highest BCUT2D eigenvalue weighted by Gasteiger charge is 2.19. The summed E-state index contributed by atoms with van der Waals surface area (Å²) in [4.78, 5) is 38.3. The first-order valence-corrected chi connectivity index (χ1v) is 30.6. The van der Waals surface area contributed by atoms with Crippen LogP contribution in [0.25, 0.3) is 0 Å². The lowest BCUT2D eigenvalue weighted by Gasteiger charge is -2.18. The van der Waals surface area contributed by atoms with E-state index in [1.807, 2.05) is 0 Å². The third-order valence-electron chi connectivity index (χ3n) is 13.1. The SMILES string of the molecule is CC/C=C\C/C=C\C/C=C\C/C=C\C/C=C\CCCCCCCC(=O)OCC(COC(=O)CCCCCCC/C=C\CCCCCCCC)OC(=O)CCCCCCCCC/C=C\CCCCCCCCC.